The maximum absolute atomic E-state index is 12.4. The number of rotatable bonds is 6. The summed E-state index contributed by atoms with van der Waals surface area (Å²) in [6.45, 7) is 4.85. The van der Waals surface area contributed by atoms with E-state index in [0.717, 1.165) is 25.2 Å². The molecule has 1 atom stereocenters. The van der Waals surface area contributed by atoms with Gasteiger partial charge in [-0.15, -0.1) is 0 Å². The molecule has 2 heterocycles. The van der Waals surface area contributed by atoms with Gasteiger partial charge in [-0.1, -0.05) is 13.8 Å². The van der Waals surface area contributed by atoms with Crippen LogP contribution in [0.2, 0.25) is 0 Å². The second kappa shape index (κ2) is 6.27. The summed E-state index contributed by atoms with van der Waals surface area (Å²) in [5.74, 6) is 0.640. The minimum atomic E-state index is -0.126. The number of anilines is 1. The van der Waals surface area contributed by atoms with Crippen molar-refractivity contribution in [1.82, 2.24) is 19.9 Å². The number of nitrogen functional groups attached to an aromatic ring is 1. The van der Waals surface area contributed by atoms with Crippen LogP contribution in [0, 0.1) is 0 Å². The van der Waals surface area contributed by atoms with Gasteiger partial charge in [-0.05, 0) is 18.9 Å². The molecule has 0 aliphatic carbocycles. The molecule has 108 valence electrons. The number of carbonyl (C=O) groups excluding carboxylic acids is 1. The van der Waals surface area contributed by atoms with E-state index in [4.69, 9.17) is 5.73 Å². The quantitative estimate of drug-likeness (QED) is 0.754. The Morgan fingerprint density at radius 1 is 1.55 bits per heavy atom. The lowest BCUT2D eigenvalue weighted by Gasteiger charge is -2.15. The number of aromatic nitrogens is 3. The number of aryl methyl sites for hydroxylation is 1. The molecule has 4 N–H and O–H groups in total. The molecule has 2 rings (SSSR count). The summed E-state index contributed by atoms with van der Waals surface area (Å²) in [6.07, 6.45) is 6.95. The van der Waals surface area contributed by atoms with Crippen molar-refractivity contribution in [2.45, 2.75) is 39.3 Å². The lowest BCUT2D eigenvalue weighted by atomic mass is 10.2. The highest BCUT2D eigenvalue weighted by atomic mass is 16.2. The number of hydrogen-bond donors (Lipinski definition) is 3. The number of nitrogens with zero attached hydrogens (tertiary/aromatic N) is 2. The zero-order valence-electron chi connectivity index (χ0n) is 11.9. The first-order valence-electron chi connectivity index (χ1n) is 6.91. The highest BCUT2D eigenvalue weighted by Gasteiger charge is 2.18. The van der Waals surface area contributed by atoms with Gasteiger partial charge in [0, 0.05) is 25.1 Å². The van der Waals surface area contributed by atoms with Crippen LogP contribution in [0.3, 0.4) is 0 Å². The summed E-state index contributed by atoms with van der Waals surface area (Å²) in [4.78, 5) is 19.6. The molecule has 0 saturated heterocycles. The number of carbonyl (C=O) groups is 1. The molecule has 2 aromatic rings. The smallest absolute Gasteiger partial charge is 0.268 e. The Balaban J connectivity index is 2.15. The molecule has 0 aliphatic heterocycles. The third-order valence-electron chi connectivity index (χ3n) is 3.18. The van der Waals surface area contributed by atoms with E-state index < -0.39 is 0 Å². The average molecular weight is 275 g/mol. The summed E-state index contributed by atoms with van der Waals surface area (Å²) >= 11 is 0. The molecule has 2 aromatic heterocycles. The van der Waals surface area contributed by atoms with Gasteiger partial charge in [0.15, 0.2) is 0 Å². The molecular formula is C14H21N5O. The van der Waals surface area contributed by atoms with Crippen molar-refractivity contribution in [2.24, 2.45) is 0 Å². The molecule has 1 amide bonds. The third-order valence-corrected chi connectivity index (χ3v) is 3.18. The minimum Gasteiger partial charge on any atom is -0.397 e. The number of amides is 1. The predicted octanol–water partition coefficient (Wildman–Crippen LogP) is 2.08. The fraction of sp³-hybridized carbons (Fsp3) is 0.429. The van der Waals surface area contributed by atoms with Gasteiger partial charge in [0.25, 0.3) is 5.91 Å². The van der Waals surface area contributed by atoms with E-state index in [1.54, 1.807) is 24.7 Å². The van der Waals surface area contributed by atoms with Crippen LogP contribution in [0.5, 0.6) is 0 Å². The maximum atomic E-state index is 12.4. The number of aromatic amines is 1. The number of hydrogen-bond acceptors (Lipinski definition) is 3. The van der Waals surface area contributed by atoms with Crippen molar-refractivity contribution in [1.29, 1.82) is 0 Å². The van der Waals surface area contributed by atoms with Crippen molar-refractivity contribution in [3.05, 3.63) is 36.2 Å². The van der Waals surface area contributed by atoms with Crippen LogP contribution < -0.4 is 11.1 Å². The molecular weight excluding hydrogens is 254 g/mol. The van der Waals surface area contributed by atoms with Crippen LogP contribution in [0.1, 0.15) is 49.0 Å². The minimum absolute atomic E-state index is 0.122. The molecule has 0 radical (unpaired) electrons. The van der Waals surface area contributed by atoms with Crippen molar-refractivity contribution < 1.29 is 4.79 Å². The van der Waals surface area contributed by atoms with Crippen LogP contribution in [0.25, 0.3) is 0 Å². The second-order valence-corrected chi connectivity index (χ2v) is 4.76. The summed E-state index contributed by atoms with van der Waals surface area (Å²) < 4.78 is 1.89. The molecule has 1 unspecified atom stereocenters. The van der Waals surface area contributed by atoms with Crippen molar-refractivity contribution in [3.8, 4) is 0 Å². The summed E-state index contributed by atoms with van der Waals surface area (Å²) in [5, 5.41) is 2.99. The predicted molar refractivity (Wildman–Crippen MR) is 78.2 cm³/mol. The lowest BCUT2D eigenvalue weighted by Crippen LogP contribution is -2.30. The highest BCUT2D eigenvalue weighted by molar-refractivity contribution is 5.94. The van der Waals surface area contributed by atoms with Gasteiger partial charge < -0.3 is 20.6 Å². The van der Waals surface area contributed by atoms with Gasteiger partial charge in [0.1, 0.15) is 11.5 Å². The van der Waals surface area contributed by atoms with E-state index in [1.165, 1.54) is 0 Å². The van der Waals surface area contributed by atoms with Gasteiger partial charge >= 0.3 is 0 Å². The first-order chi connectivity index (χ1) is 9.65. The number of nitrogens with one attached hydrogen (secondary N) is 2. The molecule has 0 bridgehead atoms. The Hall–Kier alpha value is -2.24. The zero-order valence-corrected chi connectivity index (χ0v) is 11.9. The summed E-state index contributed by atoms with van der Waals surface area (Å²) in [7, 11) is 0. The van der Waals surface area contributed by atoms with Gasteiger partial charge in [-0.2, -0.15) is 0 Å². The molecule has 6 heteroatoms. The Morgan fingerprint density at radius 2 is 2.35 bits per heavy atom. The van der Waals surface area contributed by atoms with Gasteiger partial charge in [-0.3, -0.25) is 4.79 Å². The van der Waals surface area contributed by atoms with Crippen LogP contribution >= 0.6 is 0 Å². The average Bonchev–Trinajstić information content (AvgIpc) is 3.06. The van der Waals surface area contributed by atoms with Gasteiger partial charge in [0.2, 0.25) is 0 Å². The largest absolute Gasteiger partial charge is 0.397 e. The third kappa shape index (κ3) is 3.01. The molecule has 0 fully saturated rings. The topological polar surface area (TPSA) is 88.7 Å². The lowest BCUT2D eigenvalue weighted by molar-refractivity contribution is 0.0924. The van der Waals surface area contributed by atoms with E-state index in [0.29, 0.717) is 11.4 Å². The van der Waals surface area contributed by atoms with Gasteiger partial charge in [-0.25, -0.2) is 4.98 Å². The second-order valence-electron chi connectivity index (χ2n) is 4.76. The van der Waals surface area contributed by atoms with E-state index in [-0.39, 0.29) is 11.9 Å². The molecule has 6 nitrogen and oxygen atoms in total. The first-order valence-corrected chi connectivity index (χ1v) is 6.91. The first kappa shape index (κ1) is 14.2. The summed E-state index contributed by atoms with van der Waals surface area (Å²) in [6, 6.07) is 1.59. The van der Waals surface area contributed by atoms with E-state index in [9.17, 15) is 4.79 Å². The van der Waals surface area contributed by atoms with Crippen LogP contribution in [0.4, 0.5) is 5.69 Å². The van der Waals surface area contributed by atoms with E-state index in [1.807, 2.05) is 11.5 Å². The maximum Gasteiger partial charge on any atom is 0.268 e. The number of H-pyrrole nitrogens is 1. The fourth-order valence-corrected chi connectivity index (χ4v) is 2.21. The van der Waals surface area contributed by atoms with E-state index >= 15 is 0 Å². The Morgan fingerprint density at radius 3 is 2.95 bits per heavy atom. The molecule has 0 aliphatic rings. The Bertz CT molecular complexity index is 558. The molecule has 0 aromatic carbocycles. The Kier molecular flexibility index (Phi) is 4.45. The normalized spacial score (nSPS) is 12.3. The number of imidazole rings is 1. The summed E-state index contributed by atoms with van der Waals surface area (Å²) in [5.41, 5.74) is 6.98. The van der Waals surface area contributed by atoms with Crippen molar-refractivity contribution >= 4 is 11.6 Å². The van der Waals surface area contributed by atoms with Gasteiger partial charge in [0.05, 0.1) is 11.7 Å². The Labute approximate surface area is 118 Å². The number of nitrogens with two attached hydrogens (primary N) is 1. The standard InChI is InChI=1S/C14H21N5O/c1-3-7-19-9-10(15)8-12(19)14(20)18-11(4-2)13-16-5-6-17-13/h5-6,8-9,11H,3-4,7,15H2,1-2H3,(H,16,17)(H,18,20). The molecule has 20 heavy (non-hydrogen) atoms. The van der Waals surface area contributed by atoms with E-state index in [2.05, 4.69) is 22.2 Å². The highest BCUT2D eigenvalue weighted by Crippen LogP contribution is 2.15. The fourth-order valence-electron chi connectivity index (χ4n) is 2.21. The molecule has 0 spiro atoms. The molecule has 0 saturated carbocycles. The SMILES string of the molecule is CCCn1cc(N)cc1C(=O)NC(CC)c1ncc[nH]1. The van der Waals surface area contributed by atoms with Crippen molar-refractivity contribution in [2.75, 3.05) is 5.73 Å². The van der Waals surface area contributed by atoms with Crippen molar-refractivity contribution in [3.63, 3.8) is 0 Å². The van der Waals surface area contributed by atoms with Crippen LogP contribution in [-0.4, -0.2) is 20.4 Å². The zero-order chi connectivity index (χ0) is 14.5. The van der Waals surface area contributed by atoms with Crippen LogP contribution in [0.15, 0.2) is 24.7 Å². The monoisotopic (exact) mass is 275 g/mol. The van der Waals surface area contributed by atoms with Crippen LogP contribution in [-0.2, 0) is 6.54 Å².